The van der Waals surface area contributed by atoms with Gasteiger partial charge in [-0.3, -0.25) is 4.79 Å². The second-order valence-electron chi connectivity index (χ2n) is 6.84. The second-order valence-corrected chi connectivity index (χ2v) is 12.3. The number of hydrogen-bond acceptors (Lipinski definition) is 5. The fourth-order valence-corrected chi connectivity index (χ4v) is 7.54. The zero-order chi connectivity index (χ0) is 24.6. The van der Waals surface area contributed by atoms with Crippen LogP contribution in [-0.2, 0) is 5.75 Å². The standard InChI is InChI=1S/C22H11Br4FN2O3S2/c23-16-14(15(21(31)32)17(24)19(26)18(16)25)20(30)28-11-5-6-12-13(7-11)34-22(29-12)33-8-9-1-3-10(27)4-2-9/h1-7H,8H2,(H,28,30)(H,31,32). The Morgan fingerprint density at radius 1 is 0.971 bits per heavy atom. The third-order valence-electron chi connectivity index (χ3n) is 4.61. The number of nitrogens with zero attached hydrogens (tertiary/aromatic N) is 1. The molecule has 0 bridgehead atoms. The minimum atomic E-state index is -1.24. The minimum Gasteiger partial charge on any atom is -0.478 e. The molecule has 0 aliphatic rings. The van der Waals surface area contributed by atoms with Gasteiger partial charge in [-0.05, 0) is 99.6 Å². The van der Waals surface area contributed by atoms with Crippen molar-refractivity contribution >= 4 is 115 Å². The monoisotopic (exact) mass is 750 g/mol. The molecule has 0 spiro atoms. The van der Waals surface area contributed by atoms with Crippen LogP contribution in [-0.4, -0.2) is 22.0 Å². The Hall–Kier alpha value is -1.31. The van der Waals surface area contributed by atoms with Crippen LogP contribution in [0.1, 0.15) is 26.3 Å². The van der Waals surface area contributed by atoms with Gasteiger partial charge in [0.1, 0.15) is 5.82 Å². The number of thioether (sulfide) groups is 1. The number of fused-ring (bicyclic) bond motifs is 1. The van der Waals surface area contributed by atoms with Crippen molar-refractivity contribution in [3.8, 4) is 0 Å². The Morgan fingerprint density at radius 2 is 1.62 bits per heavy atom. The number of anilines is 1. The summed E-state index contributed by atoms with van der Waals surface area (Å²) in [4.78, 5) is 29.6. The van der Waals surface area contributed by atoms with E-state index in [0.29, 0.717) is 24.9 Å². The lowest BCUT2D eigenvalue weighted by atomic mass is 10.1. The van der Waals surface area contributed by atoms with Crippen LogP contribution in [0.3, 0.4) is 0 Å². The first-order chi connectivity index (χ1) is 16.2. The molecule has 1 aromatic heterocycles. The van der Waals surface area contributed by atoms with Gasteiger partial charge >= 0.3 is 5.97 Å². The Bertz CT molecular complexity index is 1440. The van der Waals surface area contributed by atoms with Crippen LogP contribution >= 0.6 is 86.8 Å². The van der Waals surface area contributed by atoms with Crippen molar-refractivity contribution in [2.75, 3.05) is 5.32 Å². The molecule has 0 unspecified atom stereocenters. The molecular weight excluding hydrogens is 743 g/mol. The molecular formula is C22H11Br4FN2O3S2. The number of rotatable bonds is 6. The van der Waals surface area contributed by atoms with Crippen molar-refractivity contribution in [2.24, 2.45) is 0 Å². The van der Waals surface area contributed by atoms with Crippen LogP contribution in [0.2, 0.25) is 0 Å². The van der Waals surface area contributed by atoms with E-state index < -0.39 is 11.9 Å². The molecule has 0 aliphatic heterocycles. The number of aromatic nitrogens is 1. The molecule has 0 saturated carbocycles. The van der Waals surface area contributed by atoms with Gasteiger partial charge in [0.15, 0.2) is 4.34 Å². The number of aromatic carboxylic acids is 1. The van der Waals surface area contributed by atoms with E-state index in [9.17, 15) is 19.1 Å². The smallest absolute Gasteiger partial charge is 0.337 e. The molecule has 0 aliphatic carbocycles. The van der Waals surface area contributed by atoms with Crippen molar-refractivity contribution in [1.29, 1.82) is 0 Å². The third kappa shape index (κ3) is 5.41. The number of nitrogens with one attached hydrogen (secondary N) is 1. The molecule has 174 valence electrons. The summed E-state index contributed by atoms with van der Waals surface area (Å²) < 4.78 is 16.4. The number of thiazole rings is 1. The van der Waals surface area contributed by atoms with Crippen molar-refractivity contribution in [1.82, 2.24) is 4.98 Å². The van der Waals surface area contributed by atoms with Gasteiger partial charge < -0.3 is 10.4 Å². The van der Waals surface area contributed by atoms with Gasteiger partial charge in [0.25, 0.3) is 5.91 Å². The van der Waals surface area contributed by atoms with Gasteiger partial charge in [-0.1, -0.05) is 23.9 Å². The maximum absolute atomic E-state index is 13.1. The van der Waals surface area contributed by atoms with Gasteiger partial charge in [-0.25, -0.2) is 14.2 Å². The molecule has 0 radical (unpaired) electrons. The van der Waals surface area contributed by atoms with E-state index in [0.717, 1.165) is 20.1 Å². The van der Waals surface area contributed by atoms with E-state index in [-0.39, 0.29) is 21.4 Å². The van der Waals surface area contributed by atoms with Gasteiger partial charge in [-0.15, -0.1) is 11.3 Å². The van der Waals surface area contributed by atoms with E-state index in [1.807, 2.05) is 0 Å². The Labute approximate surface area is 235 Å². The molecule has 3 aromatic carbocycles. The number of benzene rings is 3. The predicted octanol–water partition coefficient (Wildman–Crippen LogP) is 8.73. The highest BCUT2D eigenvalue weighted by Gasteiger charge is 2.28. The maximum atomic E-state index is 13.1. The largest absolute Gasteiger partial charge is 0.478 e. The van der Waals surface area contributed by atoms with E-state index in [1.54, 1.807) is 42.1 Å². The lowest BCUT2D eigenvalue weighted by molar-refractivity contribution is 0.0691. The summed E-state index contributed by atoms with van der Waals surface area (Å²) in [6.07, 6.45) is 0. The zero-order valence-corrected chi connectivity index (χ0v) is 24.6. The number of carbonyl (C=O) groups excluding carboxylic acids is 1. The molecule has 5 nitrogen and oxygen atoms in total. The van der Waals surface area contributed by atoms with E-state index >= 15 is 0 Å². The van der Waals surface area contributed by atoms with Crippen molar-refractivity contribution in [3.05, 3.63) is 82.9 Å². The second kappa shape index (κ2) is 10.8. The summed E-state index contributed by atoms with van der Waals surface area (Å²) in [5.74, 6) is -1.43. The van der Waals surface area contributed by atoms with Crippen LogP contribution in [0.4, 0.5) is 10.1 Å². The highest BCUT2D eigenvalue weighted by Crippen LogP contribution is 2.42. The number of halogens is 5. The average Bonchev–Trinajstić information content (AvgIpc) is 3.21. The van der Waals surface area contributed by atoms with Crippen LogP contribution in [0, 0.1) is 5.82 Å². The highest BCUT2D eigenvalue weighted by molar-refractivity contribution is 9.15. The number of carboxylic acids is 1. The highest BCUT2D eigenvalue weighted by atomic mass is 79.9. The van der Waals surface area contributed by atoms with Gasteiger partial charge in [0, 0.05) is 29.3 Å². The molecule has 34 heavy (non-hydrogen) atoms. The zero-order valence-electron chi connectivity index (χ0n) is 16.7. The van der Waals surface area contributed by atoms with Crippen LogP contribution in [0.15, 0.2) is 64.7 Å². The molecule has 4 rings (SSSR count). The fourth-order valence-electron chi connectivity index (χ4n) is 3.01. The summed E-state index contributed by atoms with van der Waals surface area (Å²) in [5, 5.41) is 12.5. The molecule has 2 N–H and O–H groups in total. The summed E-state index contributed by atoms with van der Waals surface area (Å²) in [6.45, 7) is 0. The van der Waals surface area contributed by atoms with E-state index in [2.05, 4.69) is 74.0 Å². The lowest BCUT2D eigenvalue weighted by Crippen LogP contribution is -2.18. The van der Waals surface area contributed by atoms with E-state index in [4.69, 9.17) is 0 Å². The van der Waals surface area contributed by atoms with Crippen LogP contribution in [0.25, 0.3) is 10.2 Å². The van der Waals surface area contributed by atoms with Crippen molar-refractivity contribution in [2.45, 2.75) is 10.1 Å². The van der Waals surface area contributed by atoms with Gasteiger partial charge in [0.2, 0.25) is 0 Å². The number of amides is 1. The van der Waals surface area contributed by atoms with E-state index in [1.165, 1.54) is 23.5 Å². The Kier molecular flexibility index (Phi) is 8.15. The summed E-state index contributed by atoms with van der Waals surface area (Å²) in [6, 6.07) is 11.6. The molecule has 4 aromatic rings. The Morgan fingerprint density at radius 3 is 2.26 bits per heavy atom. The van der Waals surface area contributed by atoms with Crippen molar-refractivity contribution in [3.63, 3.8) is 0 Å². The molecule has 1 heterocycles. The number of hydrogen-bond donors (Lipinski definition) is 2. The summed E-state index contributed by atoms with van der Waals surface area (Å²) >= 11 is 16.3. The first-order valence-electron chi connectivity index (χ1n) is 9.34. The average molecular weight is 754 g/mol. The molecule has 0 fully saturated rings. The number of carbonyl (C=O) groups is 2. The first-order valence-corrected chi connectivity index (χ1v) is 14.3. The minimum absolute atomic E-state index is 0.0191. The van der Waals surface area contributed by atoms with Gasteiger partial charge in [-0.2, -0.15) is 0 Å². The maximum Gasteiger partial charge on any atom is 0.337 e. The molecule has 0 atom stereocenters. The van der Waals surface area contributed by atoms with Gasteiger partial charge in [0.05, 0.1) is 21.3 Å². The Balaban J connectivity index is 1.58. The summed E-state index contributed by atoms with van der Waals surface area (Å²) in [7, 11) is 0. The predicted molar refractivity (Wildman–Crippen MR) is 148 cm³/mol. The third-order valence-corrected chi connectivity index (χ3v) is 11.6. The molecule has 0 saturated heterocycles. The SMILES string of the molecule is O=C(O)c1c(Br)c(Br)c(Br)c(Br)c1C(=O)Nc1ccc2nc(SCc3ccc(F)cc3)sc2c1. The van der Waals surface area contributed by atoms with Crippen LogP contribution < -0.4 is 5.32 Å². The first kappa shape index (κ1) is 25.8. The topological polar surface area (TPSA) is 79.3 Å². The molecule has 1 amide bonds. The van der Waals surface area contributed by atoms with Crippen LogP contribution in [0.5, 0.6) is 0 Å². The number of carboxylic acid groups (broad SMARTS) is 1. The molecule has 12 heteroatoms. The fraction of sp³-hybridized carbons (Fsp3) is 0.0455. The quantitative estimate of drug-likeness (QED) is 0.117. The lowest BCUT2D eigenvalue weighted by Gasteiger charge is -2.14. The summed E-state index contributed by atoms with van der Waals surface area (Å²) in [5.41, 5.74) is 2.10. The normalized spacial score (nSPS) is 11.1. The van der Waals surface area contributed by atoms with Crippen molar-refractivity contribution < 1.29 is 19.1 Å².